The molecule has 0 aromatic carbocycles. The van der Waals surface area contributed by atoms with Crippen molar-refractivity contribution in [3.05, 3.63) is 30.7 Å². The molecule has 8 nitrogen and oxygen atoms in total. The van der Waals surface area contributed by atoms with Crippen molar-refractivity contribution in [2.75, 3.05) is 45.2 Å². The highest BCUT2D eigenvalue weighted by atomic mass is 16.5. The monoisotopic (exact) mass is 356 g/mol. The van der Waals surface area contributed by atoms with Crippen LogP contribution in [0.1, 0.15) is 6.42 Å². The quantitative estimate of drug-likeness (QED) is 0.881. The minimum Gasteiger partial charge on any atom is -0.379 e. The third-order valence-electron chi connectivity index (χ3n) is 5.40. The number of carbonyl (C=O) groups excluding carboxylic acids is 1. The van der Waals surface area contributed by atoms with Crippen molar-refractivity contribution in [3.8, 4) is 11.1 Å². The molecular weight excluding hydrogens is 332 g/mol. The first-order valence-corrected chi connectivity index (χ1v) is 8.86. The van der Waals surface area contributed by atoms with Crippen LogP contribution in [0.25, 0.3) is 11.1 Å². The van der Waals surface area contributed by atoms with Gasteiger partial charge in [0.05, 0.1) is 18.3 Å². The minimum absolute atomic E-state index is 0.0550. The molecule has 2 amide bonds. The van der Waals surface area contributed by atoms with E-state index in [1.165, 1.54) is 0 Å². The summed E-state index contributed by atoms with van der Waals surface area (Å²) in [5, 5.41) is 7.13. The van der Waals surface area contributed by atoms with Crippen LogP contribution in [0.2, 0.25) is 0 Å². The number of hydrogen-bond acceptors (Lipinski definition) is 5. The fourth-order valence-electron chi connectivity index (χ4n) is 3.70. The van der Waals surface area contributed by atoms with Gasteiger partial charge in [-0.25, -0.2) is 9.78 Å². The molecule has 4 heterocycles. The van der Waals surface area contributed by atoms with E-state index < -0.39 is 0 Å². The second kappa shape index (κ2) is 6.69. The molecule has 26 heavy (non-hydrogen) atoms. The van der Waals surface area contributed by atoms with Gasteiger partial charge in [0.15, 0.2) is 0 Å². The van der Waals surface area contributed by atoms with Crippen molar-refractivity contribution in [3.63, 3.8) is 0 Å². The molecule has 0 saturated carbocycles. The normalized spacial score (nSPS) is 23.5. The lowest BCUT2D eigenvalue weighted by molar-refractivity contribution is 0.0249. The fraction of sp³-hybridized carbons (Fsp3) is 0.500. The summed E-state index contributed by atoms with van der Waals surface area (Å²) in [4.78, 5) is 21.2. The van der Waals surface area contributed by atoms with Gasteiger partial charge in [-0.2, -0.15) is 5.10 Å². The van der Waals surface area contributed by atoms with Crippen molar-refractivity contribution in [2.24, 2.45) is 7.05 Å². The van der Waals surface area contributed by atoms with Gasteiger partial charge in [-0.05, 0) is 31.2 Å². The predicted molar refractivity (Wildman–Crippen MR) is 97.8 cm³/mol. The summed E-state index contributed by atoms with van der Waals surface area (Å²) in [5.74, 6) is 0.548. The summed E-state index contributed by atoms with van der Waals surface area (Å²) in [7, 11) is 3.99. The van der Waals surface area contributed by atoms with Gasteiger partial charge in [0.2, 0.25) is 0 Å². The molecule has 2 aliphatic heterocycles. The van der Waals surface area contributed by atoms with Crippen molar-refractivity contribution in [2.45, 2.75) is 12.0 Å². The Morgan fingerprint density at radius 1 is 1.31 bits per heavy atom. The Kier molecular flexibility index (Phi) is 4.37. The summed E-state index contributed by atoms with van der Waals surface area (Å²) in [6.07, 6.45) is 6.40. The maximum Gasteiger partial charge on any atom is 0.323 e. The van der Waals surface area contributed by atoms with Gasteiger partial charge in [0.1, 0.15) is 5.82 Å². The first-order chi connectivity index (χ1) is 12.6. The molecule has 2 aliphatic rings. The van der Waals surface area contributed by atoms with Gasteiger partial charge in [0.25, 0.3) is 0 Å². The first kappa shape index (κ1) is 17.0. The molecule has 0 bridgehead atoms. The van der Waals surface area contributed by atoms with Crippen LogP contribution in [0.5, 0.6) is 0 Å². The Labute approximate surface area is 152 Å². The second-order valence-electron chi connectivity index (χ2n) is 7.13. The van der Waals surface area contributed by atoms with Crippen LogP contribution in [0.15, 0.2) is 30.7 Å². The SMILES string of the molecule is CN1CCN(C(=O)Nc2cc(-c3cnn(C)c3)ccn2)CC12CCOC2. The number of pyridine rings is 1. The summed E-state index contributed by atoms with van der Waals surface area (Å²) in [6.45, 7) is 3.67. The Morgan fingerprint density at radius 3 is 2.92 bits per heavy atom. The van der Waals surface area contributed by atoms with E-state index in [1.807, 2.05) is 30.3 Å². The van der Waals surface area contributed by atoms with E-state index in [9.17, 15) is 4.79 Å². The van der Waals surface area contributed by atoms with Gasteiger partial charge < -0.3 is 9.64 Å². The van der Waals surface area contributed by atoms with E-state index in [0.29, 0.717) is 25.5 Å². The standard InChI is InChI=1S/C18H24N6O2/c1-22-6-7-24(12-18(22)4-8-26-13-18)17(25)21-16-9-14(3-5-19-16)15-10-20-23(2)11-15/h3,5,9-11H,4,6-8,12-13H2,1-2H3,(H,19,21,25). The lowest BCUT2D eigenvalue weighted by atomic mass is 9.93. The van der Waals surface area contributed by atoms with E-state index in [1.54, 1.807) is 17.1 Å². The number of anilines is 1. The third kappa shape index (κ3) is 3.17. The van der Waals surface area contributed by atoms with Crippen LogP contribution in [0, 0.1) is 0 Å². The zero-order chi connectivity index (χ0) is 18.1. The number of likely N-dealkylation sites (N-methyl/N-ethyl adjacent to an activating group) is 1. The molecule has 1 spiro atoms. The van der Waals surface area contributed by atoms with Gasteiger partial charge in [-0.3, -0.25) is 14.9 Å². The van der Waals surface area contributed by atoms with E-state index >= 15 is 0 Å². The van der Waals surface area contributed by atoms with Crippen LogP contribution >= 0.6 is 0 Å². The molecule has 2 aromatic heterocycles. The number of urea groups is 1. The smallest absolute Gasteiger partial charge is 0.323 e. The highest BCUT2D eigenvalue weighted by molar-refractivity contribution is 5.89. The number of hydrogen-bond donors (Lipinski definition) is 1. The zero-order valence-electron chi connectivity index (χ0n) is 15.2. The van der Waals surface area contributed by atoms with Crippen LogP contribution in [-0.4, -0.2) is 76.0 Å². The van der Waals surface area contributed by atoms with Gasteiger partial charge in [-0.15, -0.1) is 0 Å². The predicted octanol–water partition coefficient (Wildman–Crippen LogP) is 1.42. The molecule has 4 rings (SSSR count). The number of nitrogens with one attached hydrogen (secondary N) is 1. The molecule has 8 heteroatoms. The highest BCUT2D eigenvalue weighted by Gasteiger charge is 2.44. The fourth-order valence-corrected chi connectivity index (χ4v) is 3.70. The Bertz CT molecular complexity index is 798. The summed E-state index contributed by atoms with van der Waals surface area (Å²) < 4.78 is 7.35. The molecular formula is C18H24N6O2. The lowest BCUT2D eigenvalue weighted by Gasteiger charge is -2.46. The van der Waals surface area contributed by atoms with Crippen LogP contribution < -0.4 is 5.32 Å². The largest absolute Gasteiger partial charge is 0.379 e. The van der Waals surface area contributed by atoms with E-state index in [4.69, 9.17) is 4.74 Å². The maximum absolute atomic E-state index is 12.8. The average molecular weight is 356 g/mol. The Balaban J connectivity index is 1.46. The van der Waals surface area contributed by atoms with Crippen molar-refractivity contribution in [1.82, 2.24) is 24.6 Å². The molecule has 0 radical (unpaired) electrons. The highest BCUT2D eigenvalue weighted by Crippen LogP contribution is 2.29. The molecule has 138 valence electrons. The number of aromatic nitrogens is 3. The van der Waals surface area contributed by atoms with Crippen LogP contribution in [0.3, 0.4) is 0 Å². The summed E-state index contributed by atoms with van der Waals surface area (Å²) in [5.41, 5.74) is 1.91. The summed E-state index contributed by atoms with van der Waals surface area (Å²) in [6, 6.07) is 3.67. The number of piperazine rings is 1. The molecule has 1 atom stereocenters. The Morgan fingerprint density at radius 2 is 2.19 bits per heavy atom. The topological polar surface area (TPSA) is 75.5 Å². The molecule has 1 unspecified atom stereocenters. The molecule has 2 aromatic rings. The number of carbonyl (C=O) groups is 1. The molecule has 2 fully saturated rings. The number of amides is 2. The van der Waals surface area contributed by atoms with Crippen molar-refractivity contribution in [1.29, 1.82) is 0 Å². The summed E-state index contributed by atoms with van der Waals surface area (Å²) >= 11 is 0. The first-order valence-electron chi connectivity index (χ1n) is 8.86. The van der Waals surface area contributed by atoms with E-state index in [-0.39, 0.29) is 11.6 Å². The molecule has 1 N–H and O–H groups in total. The second-order valence-corrected chi connectivity index (χ2v) is 7.13. The maximum atomic E-state index is 12.8. The van der Waals surface area contributed by atoms with Crippen molar-refractivity contribution >= 4 is 11.8 Å². The van der Waals surface area contributed by atoms with Gasteiger partial charge in [-0.1, -0.05) is 0 Å². The molecule has 0 aliphatic carbocycles. The third-order valence-corrected chi connectivity index (χ3v) is 5.40. The van der Waals surface area contributed by atoms with Gasteiger partial charge >= 0.3 is 6.03 Å². The lowest BCUT2D eigenvalue weighted by Crippen LogP contribution is -2.62. The van der Waals surface area contributed by atoms with Gasteiger partial charge in [0, 0.05) is 51.2 Å². The van der Waals surface area contributed by atoms with Crippen LogP contribution in [-0.2, 0) is 11.8 Å². The molecule has 2 saturated heterocycles. The van der Waals surface area contributed by atoms with E-state index in [0.717, 1.165) is 30.7 Å². The van der Waals surface area contributed by atoms with E-state index in [2.05, 4.69) is 27.3 Å². The number of rotatable bonds is 2. The Hall–Kier alpha value is -2.45. The number of aryl methyl sites for hydroxylation is 1. The number of ether oxygens (including phenoxy) is 1. The van der Waals surface area contributed by atoms with Crippen molar-refractivity contribution < 1.29 is 9.53 Å². The number of nitrogens with zero attached hydrogens (tertiary/aromatic N) is 5. The van der Waals surface area contributed by atoms with Crippen LogP contribution in [0.4, 0.5) is 10.6 Å². The minimum atomic E-state index is -0.111. The average Bonchev–Trinajstić information content (AvgIpc) is 3.28. The zero-order valence-corrected chi connectivity index (χ0v) is 15.2.